The van der Waals surface area contributed by atoms with Crippen molar-refractivity contribution in [2.45, 2.75) is 43.5 Å². The first-order valence-corrected chi connectivity index (χ1v) is 13.8. The summed E-state index contributed by atoms with van der Waals surface area (Å²) in [6.45, 7) is 0.972. The lowest BCUT2D eigenvalue weighted by Gasteiger charge is -2.22. The Morgan fingerprint density at radius 2 is 1.74 bits per heavy atom. The van der Waals surface area contributed by atoms with Crippen molar-refractivity contribution < 1.29 is 23.2 Å². The lowest BCUT2D eigenvalue weighted by Crippen LogP contribution is -2.30. The Morgan fingerprint density at radius 3 is 2.45 bits per heavy atom. The number of phenols is 1. The number of aromatic hydroxyl groups is 1. The molecule has 3 aromatic carbocycles. The highest BCUT2D eigenvalue weighted by molar-refractivity contribution is 7.90. The van der Waals surface area contributed by atoms with Crippen molar-refractivity contribution in [2.24, 2.45) is 5.92 Å². The third-order valence-electron chi connectivity index (χ3n) is 6.96. The van der Waals surface area contributed by atoms with Gasteiger partial charge in [-0.2, -0.15) is 0 Å². The molecular weight excluding hydrogens is 508 g/mol. The highest BCUT2D eigenvalue weighted by Crippen LogP contribution is 2.30. The quantitative estimate of drug-likeness (QED) is 0.250. The van der Waals surface area contributed by atoms with Crippen LogP contribution in [-0.2, 0) is 16.6 Å². The second-order valence-corrected chi connectivity index (χ2v) is 11.2. The van der Waals surface area contributed by atoms with Gasteiger partial charge in [0.25, 0.3) is 15.9 Å². The number of amides is 1. The van der Waals surface area contributed by atoms with Gasteiger partial charge < -0.3 is 9.67 Å². The van der Waals surface area contributed by atoms with E-state index in [9.17, 15) is 28.4 Å². The van der Waals surface area contributed by atoms with Crippen molar-refractivity contribution in [3.05, 3.63) is 82.7 Å². The van der Waals surface area contributed by atoms with Crippen LogP contribution in [0.25, 0.3) is 22.2 Å². The molecule has 0 radical (unpaired) electrons. The standard InChI is InChI=1S/C27H26N4O6S/c32-26-13-11-22(15-25(26)31(34)35)38(36,37)29-27(33)20-8-6-19(7-9-20)21-10-12-24-23(14-21)28-17-30(24)16-18-4-2-1-3-5-18/h6-15,17-18,32H,1-5,16H2,(H,29,33). The van der Waals surface area contributed by atoms with Crippen LogP contribution in [0.2, 0.25) is 0 Å². The summed E-state index contributed by atoms with van der Waals surface area (Å²) in [6.07, 6.45) is 8.31. The third kappa shape index (κ3) is 5.23. The molecule has 1 amide bonds. The fourth-order valence-corrected chi connectivity index (χ4v) is 5.90. The number of carbonyl (C=O) groups excluding carboxylic acids is 1. The SMILES string of the molecule is O=C(NS(=O)(=O)c1ccc(O)c([N+](=O)[O-])c1)c1ccc(-c2ccc3c(c2)ncn3CC2CCCCC2)cc1. The van der Waals surface area contributed by atoms with Gasteiger partial charge in [0.2, 0.25) is 0 Å². The van der Waals surface area contributed by atoms with Crippen LogP contribution in [0.1, 0.15) is 42.5 Å². The number of benzene rings is 3. The van der Waals surface area contributed by atoms with Crippen molar-refractivity contribution in [2.75, 3.05) is 0 Å². The van der Waals surface area contributed by atoms with E-state index in [-0.39, 0.29) is 5.56 Å². The summed E-state index contributed by atoms with van der Waals surface area (Å²) < 4.78 is 29.3. The molecule has 0 aliphatic heterocycles. The molecule has 5 rings (SSSR count). The van der Waals surface area contributed by atoms with Crippen molar-refractivity contribution in [1.29, 1.82) is 0 Å². The number of fused-ring (bicyclic) bond motifs is 1. The molecule has 4 aromatic rings. The Morgan fingerprint density at radius 1 is 1.03 bits per heavy atom. The first-order chi connectivity index (χ1) is 18.2. The van der Waals surface area contributed by atoms with Crippen molar-refractivity contribution >= 4 is 32.7 Å². The van der Waals surface area contributed by atoms with Gasteiger partial charge in [-0.15, -0.1) is 0 Å². The molecule has 1 fully saturated rings. The number of sulfonamides is 1. The summed E-state index contributed by atoms with van der Waals surface area (Å²) in [4.78, 5) is 26.8. The van der Waals surface area contributed by atoms with E-state index in [1.807, 2.05) is 29.2 Å². The predicted octanol–water partition coefficient (Wildman–Crippen LogP) is 5.02. The number of hydrogen-bond acceptors (Lipinski definition) is 7. The predicted molar refractivity (Wildman–Crippen MR) is 141 cm³/mol. The van der Waals surface area contributed by atoms with Gasteiger partial charge in [-0.3, -0.25) is 14.9 Å². The van der Waals surface area contributed by atoms with Crippen molar-refractivity contribution in [3.63, 3.8) is 0 Å². The van der Waals surface area contributed by atoms with E-state index in [1.54, 1.807) is 12.1 Å². The van der Waals surface area contributed by atoms with Crippen LogP contribution in [0.4, 0.5) is 5.69 Å². The number of imidazole rings is 1. The summed E-state index contributed by atoms with van der Waals surface area (Å²) in [7, 11) is -4.40. The van der Waals surface area contributed by atoms with E-state index in [2.05, 4.69) is 9.55 Å². The second-order valence-electron chi connectivity index (χ2n) is 9.52. The number of aromatic nitrogens is 2. The lowest BCUT2D eigenvalue weighted by atomic mass is 9.89. The van der Waals surface area contributed by atoms with Gasteiger partial charge in [0.15, 0.2) is 5.75 Å². The van der Waals surface area contributed by atoms with E-state index in [0.717, 1.165) is 40.8 Å². The highest BCUT2D eigenvalue weighted by Gasteiger charge is 2.23. The maximum atomic E-state index is 12.6. The largest absolute Gasteiger partial charge is 0.502 e. The number of carbonyl (C=O) groups is 1. The van der Waals surface area contributed by atoms with Gasteiger partial charge in [-0.1, -0.05) is 37.5 Å². The highest BCUT2D eigenvalue weighted by atomic mass is 32.2. The number of nitrogens with one attached hydrogen (secondary N) is 1. The molecule has 0 unspecified atom stereocenters. The number of hydrogen-bond donors (Lipinski definition) is 2. The van der Waals surface area contributed by atoms with Crippen LogP contribution in [0, 0.1) is 16.0 Å². The van der Waals surface area contributed by atoms with E-state index in [0.29, 0.717) is 12.0 Å². The molecule has 0 saturated heterocycles. The van der Waals surface area contributed by atoms with Crippen LogP contribution >= 0.6 is 0 Å². The van der Waals surface area contributed by atoms with E-state index >= 15 is 0 Å². The fourth-order valence-electron chi connectivity index (χ4n) is 4.91. The Balaban J connectivity index is 1.30. The average Bonchev–Trinajstić information content (AvgIpc) is 3.31. The maximum Gasteiger partial charge on any atom is 0.312 e. The number of nitro groups is 1. The van der Waals surface area contributed by atoms with Gasteiger partial charge in [-0.05, 0) is 66.3 Å². The Kier molecular flexibility index (Phi) is 6.85. The van der Waals surface area contributed by atoms with E-state index < -0.39 is 37.2 Å². The Hall–Kier alpha value is -4.25. The topological polar surface area (TPSA) is 144 Å². The summed E-state index contributed by atoms with van der Waals surface area (Å²) in [5.41, 5.74) is 3.03. The number of phenolic OH excluding ortho intramolecular Hbond substituents is 1. The number of rotatable bonds is 7. The molecule has 11 heteroatoms. The Bertz CT molecular complexity index is 1620. The molecule has 1 aromatic heterocycles. The summed E-state index contributed by atoms with van der Waals surface area (Å²) in [5, 5.41) is 20.6. The van der Waals surface area contributed by atoms with Gasteiger partial charge in [0.05, 0.1) is 27.2 Å². The van der Waals surface area contributed by atoms with Crippen LogP contribution < -0.4 is 4.72 Å². The minimum Gasteiger partial charge on any atom is -0.502 e. The molecule has 1 aliphatic rings. The van der Waals surface area contributed by atoms with Gasteiger partial charge in [0.1, 0.15) is 0 Å². The molecule has 196 valence electrons. The van der Waals surface area contributed by atoms with Gasteiger partial charge in [-0.25, -0.2) is 18.1 Å². The molecule has 1 saturated carbocycles. The molecule has 1 aliphatic carbocycles. The molecule has 0 spiro atoms. The molecule has 0 bridgehead atoms. The van der Waals surface area contributed by atoms with Crippen molar-refractivity contribution in [3.8, 4) is 16.9 Å². The number of nitrogens with zero attached hydrogens (tertiary/aromatic N) is 3. The fraction of sp³-hybridized carbons (Fsp3) is 0.259. The van der Waals surface area contributed by atoms with Crippen molar-refractivity contribution in [1.82, 2.24) is 14.3 Å². The van der Waals surface area contributed by atoms with E-state index in [1.165, 1.54) is 44.2 Å². The first-order valence-electron chi connectivity index (χ1n) is 12.3. The monoisotopic (exact) mass is 534 g/mol. The summed E-state index contributed by atoms with van der Waals surface area (Å²) in [6, 6.07) is 15.0. The Labute approximate surface area is 219 Å². The average molecular weight is 535 g/mol. The lowest BCUT2D eigenvalue weighted by molar-refractivity contribution is -0.386. The smallest absolute Gasteiger partial charge is 0.312 e. The van der Waals surface area contributed by atoms with Crippen LogP contribution in [0.15, 0.2) is 71.9 Å². The molecule has 2 N–H and O–H groups in total. The minimum atomic E-state index is -4.40. The van der Waals surface area contributed by atoms with Gasteiger partial charge >= 0.3 is 5.69 Å². The first kappa shape index (κ1) is 25.4. The summed E-state index contributed by atoms with van der Waals surface area (Å²) in [5.74, 6) is -0.873. The second kappa shape index (κ2) is 10.3. The normalized spacial score (nSPS) is 14.4. The molecule has 38 heavy (non-hydrogen) atoms. The molecular formula is C27H26N4O6S. The third-order valence-corrected chi connectivity index (χ3v) is 8.29. The van der Waals surface area contributed by atoms with Crippen LogP contribution in [0.3, 0.4) is 0 Å². The zero-order chi connectivity index (χ0) is 26.9. The summed E-state index contributed by atoms with van der Waals surface area (Å²) >= 11 is 0. The van der Waals surface area contributed by atoms with E-state index in [4.69, 9.17) is 0 Å². The number of nitro benzene ring substituents is 1. The maximum absolute atomic E-state index is 12.6. The molecule has 0 atom stereocenters. The van der Waals surface area contributed by atoms with Crippen LogP contribution in [-0.4, -0.2) is 33.9 Å². The molecule has 10 nitrogen and oxygen atoms in total. The molecule has 1 heterocycles. The minimum absolute atomic E-state index is 0.100. The van der Waals surface area contributed by atoms with Crippen LogP contribution in [0.5, 0.6) is 5.75 Å². The van der Waals surface area contributed by atoms with Gasteiger partial charge in [0, 0.05) is 18.2 Å². The zero-order valence-electron chi connectivity index (χ0n) is 20.4. The zero-order valence-corrected chi connectivity index (χ0v) is 21.2.